The van der Waals surface area contributed by atoms with Crippen molar-refractivity contribution in [3.05, 3.63) is 121 Å². The molecule has 0 aliphatic heterocycles. The number of carbonyl (C=O) groups excluding carboxylic acids is 1. The predicted octanol–water partition coefficient (Wildman–Crippen LogP) is 10.7. The van der Waals surface area contributed by atoms with Crippen LogP contribution in [0.2, 0.25) is 15.1 Å². The number of aromatic nitrogens is 2. The van der Waals surface area contributed by atoms with Gasteiger partial charge in [-0.15, -0.1) is 0 Å². The fraction of sp³-hybridized carbons (Fsp3) is 0.206. The van der Waals surface area contributed by atoms with Gasteiger partial charge in [0, 0.05) is 5.56 Å². The maximum absolute atomic E-state index is 15.5. The van der Waals surface area contributed by atoms with Crippen molar-refractivity contribution in [3.63, 3.8) is 0 Å². The average Bonchev–Trinajstić information content (AvgIpc) is 3.48. The standard InChI is InChI=1S/C34H29Cl3F2N3O6PS/c1-4-46-49(44,47-5-2)34(38,39)27-14-12-21(16-29(27)36)20-42-33(40-24-13-15-28(35)30(37)19-24)50-31(41-42)22-8-6-10-25(17-22)48-26-11-7-9-23(18-26)32(43)45-3/h6-19H,4-5,20H2,1-3H3/b40-33+. The van der Waals surface area contributed by atoms with E-state index in [0.29, 0.717) is 53.7 Å². The largest absolute Gasteiger partial charge is 0.465 e. The number of nitrogens with zero attached hydrogens (tertiary/aromatic N) is 3. The first-order valence-corrected chi connectivity index (χ1v) is 18.5. The molecule has 0 amide bonds. The van der Waals surface area contributed by atoms with E-state index in [1.165, 1.54) is 44.4 Å². The molecular formula is C34H29Cl3F2N3O6PS. The van der Waals surface area contributed by atoms with Gasteiger partial charge in [-0.25, -0.2) is 14.5 Å². The molecule has 9 nitrogen and oxygen atoms in total. The van der Waals surface area contributed by atoms with Crippen molar-refractivity contribution in [2.24, 2.45) is 4.99 Å². The Morgan fingerprint density at radius 1 is 0.900 bits per heavy atom. The maximum Gasteiger partial charge on any atom is 0.404 e. The molecule has 0 aliphatic rings. The van der Waals surface area contributed by atoms with Crippen molar-refractivity contribution in [3.8, 4) is 22.1 Å². The summed E-state index contributed by atoms with van der Waals surface area (Å²) in [6, 6.07) is 22.5. The minimum absolute atomic E-state index is 0.0767. The van der Waals surface area contributed by atoms with Crippen LogP contribution in [0.4, 0.5) is 14.5 Å². The molecule has 1 heterocycles. The van der Waals surface area contributed by atoms with Crippen LogP contribution in [0.5, 0.6) is 11.5 Å². The molecule has 1 aromatic heterocycles. The van der Waals surface area contributed by atoms with Gasteiger partial charge in [0.25, 0.3) is 0 Å². The second kappa shape index (κ2) is 16.2. The van der Waals surface area contributed by atoms with Crippen molar-refractivity contribution in [2.75, 3.05) is 20.3 Å². The van der Waals surface area contributed by atoms with E-state index in [1.807, 2.05) is 6.07 Å². The lowest BCUT2D eigenvalue weighted by Gasteiger charge is -2.26. The molecule has 50 heavy (non-hydrogen) atoms. The molecule has 0 saturated heterocycles. The molecule has 0 fully saturated rings. The lowest BCUT2D eigenvalue weighted by atomic mass is 10.1. The first-order valence-electron chi connectivity index (χ1n) is 15.0. The van der Waals surface area contributed by atoms with Gasteiger partial charge in [0.2, 0.25) is 4.80 Å². The summed E-state index contributed by atoms with van der Waals surface area (Å²) in [5.41, 5.74) is -2.65. The summed E-state index contributed by atoms with van der Waals surface area (Å²) in [5.74, 6) is 0.420. The van der Waals surface area contributed by atoms with Gasteiger partial charge in [0.1, 0.15) is 16.5 Å². The number of methoxy groups -OCH3 is 1. The van der Waals surface area contributed by atoms with E-state index < -0.39 is 24.8 Å². The number of ether oxygens (including phenoxy) is 2. The van der Waals surface area contributed by atoms with E-state index in [4.69, 9.17) is 63.4 Å². The molecule has 0 N–H and O–H groups in total. The lowest BCUT2D eigenvalue weighted by molar-refractivity contribution is 0.0361. The Morgan fingerprint density at radius 3 is 2.26 bits per heavy atom. The van der Waals surface area contributed by atoms with Gasteiger partial charge in [0.05, 0.1) is 58.8 Å². The number of hydrogen-bond acceptors (Lipinski definition) is 9. The minimum Gasteiger partial charge on any atom is -0.465 e. The van der Waals surface area contributed by atoms with Crippen LogP contribution in [0, 0.1) is 0 Å². The molecule has 4 aromatic carbocycles. The van der Waals surface area contributed by atoms with Gasteiger partial charge in [-0.1, -0.05) is 76.5 Å². The van der Waals surface area contributed by atoms with Gasteiger partial charge in [-0.3, -0.25) is 4.57 Å². The van der Waals surface area contributed by atoms with Crippen LogP contribution in [-0.4, -0.2) is 36.1 Å². The van der Waals surface area contributed by atoms with Gasteiger partial charge < -0.3 is 18.5 Å². The molecule has 0 spiro atoms. The van der Waals surface area contributed by atoms with Gasteiger partial charge in [0.15, 0.2) is 0 Å². The van der Waals surface area contributed by atoms with Crippen LogP contribution < -0.4 is 9.54 Å². The zero-order valence-electron chi connectivity index (χ0n) is 26.7. The van der Waals surface area contributed by atoms with Gasteiger partial charge in [-0.05, 0) is 74.0 Å². The molecule has 16 heteroatoms. The fourth-order valence-corrected chi connectivity index (χ4v) is 7.84. The minimum atomic E-state index is -4.87. The number of benzene rings is 4. The topological polar surface area (TPSA) is 101 Å². The number of hydrogen-bond donors (Lipinski definition) is 0. The average molecular weight is 783 g/mol. The van der Waals surface area contributed by atoms with Crippen molar-refractivity contribution in [2.45, 2.75) is 26.1 Å². The molecule has 0 bridgehead atoms. The Hall–Kier alpha value is -3.61. The van der Waals surface area contributed by atoms with Crippen LogP contribution in [0.3, 0.4) is 0 Å². The summed E-state index contributed by atoms with van der Waals surface area (Å²) in [5, 5.41) is 5.69. The number of alkyl halides is 2. The summed E-state index contributed by atoms with van der Waals surface area (Å²) < 4.78 is 66.3. The van der Waals surface area contributed by atoms with Gasteiger partial charge in [-0.2, -0.15) is 13.9 Å². The SMILES string of the molecule is CCOP(=O)(OCC)C(F)(F)c1ccc(Cn2nc(-c3cccc(Oc4cccc(C(=O)OC)c4)c3)s/c2=N/c2ccc(Cl)c(Cl)c2)cc1Cl. The highest BCUT2D eigenvalue weighted by atomic mass is 35.5. The first kappa shape index (κ1) is 37.6. The third-order valence-corrected chi connectivity index (χ3v) is 11.1. The smallest absolute Gasteiger partial charge is 0.404 e. The highest BCUT2D eigenvalue weighted by Crippen LogP contribution is 2.67. The third-order valence-electron chi connectivity index (χ3n) is 6.95. The second-order valence-corrected chi connectivity index (χ2v) is 14.6. The monoisotopic (exact) mass is 781 g/mol. The molecule has 0 aliphatic carbocycles. The summed E-state index contributed by atoms with van der Waals surface area (Å²) in [4.78, 5) is 17.2. The van der Waals surface area contributed by atoms with Crippen LogP contribution >= 0.6 is 53.7 Å². The molecule has 0 radical (unpaired) electrons. The summed E-state index contributed by atoms with van der Waals surface area (Å²) in [7, 11) is -3.57. The zero-order chi connectivity index (χ0) is 36.1. The van der Waals surface area contributed by atoms with Crippen LogP contribution in [0.1, 0.15) is 35.3 Å². The summed E-state index contributed by atoms with van der Waals surface area (Å²) in [6.45, 7) is 2.48. The van der Waals surface area contributed by atoms with E-state index in [0.717, 1.165) is 6.07 Å². The molecule has 0 atom stereocenters. The number of carbonyl (C=O) groups is 1. The van der Waals surface area contributed by atoms with Crippen LogP contribution in [-0.2, 0) is 30.6 Å². The molecular weight excluding hydrogens is 754 g/mol. The Balaban J connectivity index is 1.51. The highest BCUT2D eigenvalue weighted by molar-refractivity contribution is 7.54. The van der Waals surface area contributed by atoms with Crippen molar-refractivity contribution < 1.29 is 36.7 Å². The van der Waals surface area contributed by atoms with E-state index in [-0.39, 0.29) is 24.8 Å². The van der Waals surface area contributed by atoms with Crippen molar-refractivity contribution in [1.82, 2.24) is 9.78 Å². The van der Waals surface area contributed by atoms with Crippen molar-refractivity contribution in [1.29, 1.82) is 0 Å². The number of halogens is 5. The van der Waals surface area contributed by atoms with E-state index in [2.05, 4.69) is 0 Å². The summed E-state index contributed by atoms with van der Waals surface area (Å²) in [6.07, 6.45) is 0. The normalized spacial score (nSPS) is 12.3. The zero-order valence-corrected chi connectivity index (χ0v) is 30.7. The fourth-order valence-electron chi connectivity index (χ4n) is 4.67. The number of esters is 1. The predicted molar refractivity (Wildman–Crippen MR) is 190 cm³/mol. The van der Waals surface area contributed by atoms with Crippen LogP contribution in [0.15, 0.2) is 89.9 Å². The molecule has 0 saturated carbocycles. The first-order chi connectivity index (χ1) is 23.9. The Kier molecular flexibility index (Phi) is 12.2. The number of rotatable bonds is 13. The lowest BCUT2D eigenvalue weighted by Crippen LogP contribution is -2.20. The maximum atomic E-state index is 15.5. The Bertz CT molecular complexity index is 2140. The van der Waals surface area contributed by atoms with E-state index in [9.17, 15) is 9.36 Å². The second-order valence-electron chi connectivity index (χ2n) is 10.4. The Morgan fingerprint density at radius 2 is 1.60 bits per heavy atom. The van der Waals surface area contributed by atoms with Crippen molar-refractivity contribution >= 4 is 65.4 Å². The van der Waals surface area contributed by atoms with E-state index in [1.54, 1.807) is 65.3 Å². The molecule has 262 valence electrons. The highest BCUT2D eigenvalue weighted by Gasteiger charge is 2.55. The summed E-state index contributed by atoms with van der Waals surface area (Å²) >= 11 is 20.0. The molecule has 0 unspecified atom stereocenters. The molecule has 5 rings (SSSR count). The van der Waals surface area contributed by atoms with E-state index >= 15 is 8.78 Å². The Labute approximate surface area is 305 Å². The van der Waals surface area contributed by atoms with Gasteiger partial charge >= 0.3 is 19.2 Å². The quantitative estimate of drug-likeness (QED) is 0.0866. The third kappa shape index (κ3) is 8.46. The van der Waals surface area contributed by atoms with Crippen LogP contribution in [0.25, 0.3) is 10.6 Å². The molecule has 5 aromatic rings.